The maximum atomic E-state index is 9.55. The summed E-state index contributed by atoms with van der Waals surface area (Å²) in [5.74, 6) is 1.30. The highest BCUT2D eigenvalue weighted by atomic mass is 16.5. The van der Waals surface area contributed by atoms with Gasteiger partial charge in [-0.15, -0.1) is 0 Å². The molecule has 0 fully saturated rings. The molecule has 1 atom stereocenters. The van der Waals surface area contributed by atoms with Gasteiger partial charge in [0.1, 0.15) is 0 Å². The summed E-state index contributed by atoms with van der Waals surface area (Å²) in [4.78, 5) is 3.95. The fourth-order valence-corrected chi connectivity index (χ4v) is 1.78. The molecule has 102 valence electrons. The van der Waals surface area contributed by atoms with E-state index in [9.17, 15) is 5.11 Å². The molecule has 19 heavy (non-hydrogen) atoms. The molecule has 1 unspecified atom stereocenters. The quantitative estimate of drug-likeness (QED) is 0.825. The standard InChI is InChI=1S/C13H17N3O3/c1-9(14-6-5-13-15-8-19-16-13)10-3-4-11(17)12(7-10)18-2/h3-4,7-9,14,17H,5-6H2,1-2H3. The lowest BCUT2D eigenvalue weighted by Gasteiger charge is -2.15. The van der Waals surface area contributed by atoms with Crippen molar-refractivity contribution in [1.29, 1.82) is 0 Å². The first-order valence-corrected chi connectivity index (χ1v) is 6.06. The van der Waals surface area contributed by atoms with Gasteiger partial charge in [0.2, 0.25) is 6.39 Å². The van der Waals surface area contributed by atoms with E-state index < -0.39 is 0 Å². The van der Waals surface area contributed by atoms with Crippen LogP contribution < -0.4 is 10.1 Å². The summed E-state index contributed by atoms with van der Waals surface area (Å²) in [6, 6.07) is 5.46. The average molecular weight is 263 g/mol. The lowest BCUT2D eigenvalue weighted by Crippen LogP contribution is -2.21. The van der Waals surface area contributed by atoms with Crippen molar-refractivity contribution in [1.82, 2.24) is 15.5 Å². The van der Waals surface area contributed by atoms with Gasteiger partial charge in [-0.25, -0.2) is 0 Å². The number of aromatic nitrogens is 2. The van der Waals surface area contributed by atoms with E-state index in [4.69, 9.17) is 4.74 Å². The maximum Gasteiger partial charge on any atom is 0.213 e. The second kappa shape index (κ2) is 6.19. The number of phenolic OH excluding ortho intramolecular Hbond substituents is 1. The summed E-state index contributed by atoms with van der Waals surface area (Å²) in [5.41, 5.74) is 1.04. The van der Waals surface area contributed by atoms with E-state index in [0.29, 0.717) is 18.0 Å². The Balaban J connectivity index is 1.90. The van der Waals surface area contributed by atoms with Crippen molar-refractivity contribution in [3.63, 3.8) is 0 Å². The van der Waals surface area contributed by atoms with Crippen LogP contribution in [0.3, 0.4) is 0 Å². The molecule has 0 spiro atoms. The molecule has 0 saturated carbocycles. The fraction of sp³-hybridized carbons (Fsp3) is 0.385. The minimum Gasteiger partial charge on any atom is -0.504 e. The van der Waals surface area contributed by atoms with Crippen molar-refractivity contribution in [2.75, 3.05) is 13.7 Å². The Morgan fingerprint density at radius 1 is 1.47 bits per heavy atom. The topological polar surface area (TPSA) is 80.4 Å². The van der Waals surface area contributed by atoms with Gasteiger partial charge in [-0.3, -0.25) is 0 Å². The lowest BCUT2D eigenvalue weighted by atomic mass is 10.1. The molecular weight excluding hydrogens is 246 g/mol. The smallest absolute Gasteiger partial charge is 0.213 e. The molecule has 2 aromatic rings. The largest absolute Gasteiger partial charge is 0.504 e. The molecule has 0 amide bonds. The van der Waals surface area contributed by atoms with Crippen LogP contribution in [0.25, 0.3) is 0 Å². The Morgan fingerprint density at radius 2 is 2.32 bits per heavy atom. The number of rotatable bonds is 6. The molecule has 1 aromatic carbocycles. The Morgan fingerprint density at radius 3 is 3.00 bits per heavy atom. The Labute approximate surface area is 111 Å². The van der Waals surface area contributed by atoms with E-state index in [1.165, 1.54) is 13.5 Å². The van der Waals surface area contributed by atoms with Crippen LogP contribution in [0.5, 0.6) is 11.5 Å². The molecule has 0 aliphatic heterocycles. The van der Waals surface area contributed by atoms with Crippen LogP contribution in [0, 0.1) is 0 Å². The first-order valence-electron chi connectivity index (χ1n) is 6.06. The number of hydrogen-bond donors (Lipinski definition) is 2. The molecule has 2 rings (SSSR count). The third-order valence-corrected chi connectivity index (χ3v) is 2.91. The normalized spacial score (nSPS) is 12.3. The first kappa shape index (κ1) is 13.4. The summed E-state index contributed by atoms with van der Waals surface area (Å²) in [6.07, 6.45) is 2.03. The first-order chi connectivity index (χ1) is 9.20. The second-order valence-corrected chi connectivity index (χ2v) is 4.20. The molecule has 0 aliphatic carbocycles. The highest BCUT2D eigenvalue weighted by Gasteiger charge is 2.09. The highest BCUT2D eigenvalue weighted by molar-refractivity contribution is 5.42. The van der Waals surface area contributed by atoms with Crippen LogP contribution in [-0.2, 0) is 6.42 Å². The molecule has 0 radical (unpaired) electrons. The minimum absolute atomic E-state index is 0.140. The SMILES string of the molecule is COc1cc(C(C)NCCc2ncon2)ccc1O. The van der Waals surface area contributed by atoms with Gasteiger partial charge in [-0.05, 0) is 24.6 Å². The number of aromatic hydroxyl groups is 1. The van der Waals surface area contributed by atoms with E-state index in [-0.39, 0.29) is 11.8 Å². The molecule has 0 bridgehead atoms. The molecule has 1 aromatic heterocycles. The van der Waals surface area contributed by atoms with Gasteiger partial charge in [0.25, 0.3) is 0 Å². The number of ether oxygens (including phenoxy) is 1. The number of nitrogens with one attached hydrogen (secondary N) is 1. The number of phenols is 1. The van der Waals surface area contributed by atoms with Gasteiger partial charge in [0, 0.05) is 19.0 Å². The van der Waals surface area contributed by atoms with Crippen molar-refractivity contribution >= 4 is 0 Å². The molecule has 1 heterocycles. The Bertz CT molecular complexity index is 514. The van der Waals surface area contributed by atoms with Crippen molar-refractivity contribution in [2.45, 2.75) is 19.4 Å². The summed E-state index contributed by atoms with van der Waals surface area (Å²) in [5, 5.41) is 16.6. The summed E-state index contributed by atoms with van der Waals surface area (Å²) in [6.45, 7) is 2.78. The van der Waals surface area contributed by atoms with Crippen LogP contribution in [0.15, 0.2) is 29.1 Å². The van der Waals surface area contributed by atoms with Crippen molar-refractivity contribution in [2.24, 2.45) is 0 Å². The number of benzene rings is 1. The van der Waals surface area contributed by atoms with Crippen LogP contribution in [0.2, 0.25) is 0 Å². The minimum atomic E-state index is 0.140. The zero-order chi connectivity index (χ0) is 13.7. The third-order valence-electron chi connectivity index (χ3n) is 2.91. The van der Waals surface area contributed by atoms with Crippen molar-refractivity contribution in [3.05, 3.63) is 36.0 Å². The summed E-state index contributed by atoms with van der Waals surface area (Å²) < 4.78 is 9.76. The van der Waals surface area contributed by atoms with Crippen molar-refractivity contribution < 1.29 is 14.4 Å². The van der Waals surface area contributed by atoms with Crippen LogP contribution >= 0.6 is 0 Å². The summed E-state index contributed by atoms with van der Waals surface area (Å²) >= 11 is 0. The monoisotopic (exact) mass is 263 g/mol. The second-order valence-electron chi connectivity index (χ2n) is 4.20. The van der Waals surface area contributed by atoms with Gasteiger partial charge in [0.05, 0.1) is 7.11 Å². The molecule has 2 N–H and O–H groups in total. The van der Waals surface area contributed by atoms with E-state index in [2.05, 4.69) is 20.0 Å². The lowest BCUT2D eigenvalue weighted by molar-refractivity contribution is 0.372. The van der Waals surface area contributed by atoms with E-state index >= 15 is 0 Å². The van der Waals surface area contributed by atoms with Gasteiger partial charge in [-0.1, -0.05) is 11.2 Å². The zero-order valence-corrected chi connectivity index (χ0v) is 11.0. The Kier molecular flexibility index (Phi) is 4.35. The van der Waals surface area contributed by atoms with Crippen LogP contribution in [0.4, 0.5) is 0 Å². The molecule has 0 aliphatic rings. The van der Waals surface area contributed by atoms with Gasteiger partial charge < -0.3 is 19.7 Å². The number of nitrogens with zero attached hydrogens (tertiary/aromatic N) is 2. The third kappa shape index (κ3) is 3.45. The van der Waals surface area contributed by atoms with Gasteiger partial charge in [-0.2, -0.15) is 4.98 Å². The van der Waals surface area contributed by atoms with E-state index in [0.717, 1.165) is 12.1 Å². The van der Waals surface area contributed by atoms with Crippen LogP contribution in [-0.4, -0.2) is 28.9 Å². The molecule has 0 saturated heterocycles. The fourth-order valence-electron chi connectivity index (χ4n) is 1.78. The predicted molar refractivity (Wildman–Crippen MR) is 69.1 cm³/mol. The zero-order valence-electron chi connectivity index (χ0n) is 11.0. The molecule has 6 heteroatoms. The number of hydrogen-bond acceptors (Lipinski definition) is 6. The number of methoxy groups -OCH3 is 1. The maximum absolute atomic E-state index is 9.55. The summed E-state index contributed by atoms with van der Waals surface area (Å²) in [7, 11) is 1.53. The van der Waals surface area contributed by atoms with E-state index in [1.54, 1.807) is 6.07 Å². The highest BCUT2D eigenvalue weighted by Crippen LogP contribution is 2.28. The van der Waals surface area contributed by atoms with E-state index in [1.807, 2.05) is 19.1 Å². The van der Waals surface area contributed by atoms with Gasteiger partial charge >= 0.3 is 0 Å². The predicted octanol–water partition coefficient (Wildman–Crippen LogP) is 1.68. The molecular formula is C13H17N3O3. The van der Waals surface area contributed by atoms with Crippen molar-refractivity contribution in [3.8, 4) is 11.5 Å². The van der Waals surface area contributed by atoms with Crippen LogP contribution in [0.1, 0.15) is 24.4 Å². The Hall–Kier alpha value is -2.08. The average Bonchev–Trinajstić information content (AvgIpc) is 2.92. The molecule has 6 nitrogen and oxygen atoms in total. The van der Waals surface area contributed by atoms with Gasteiger partial charge in [0.15, 0.2) is 17.3 Å².